The SMILES string of the molecule is C=CCN1C(=O)C(c2ccc(F)cc2)=C(N2CCC(Cc3ccccc3)CC2)C1=O. The van der Waals surface area contributed by atoms with Crippen LogP contribution in [-0.4, -0.2) is 41.2 Å². The summed E-state index contributed by atoms with van der Waals surface area (Å²) >= 11 is 0. The molecule has 4 rings (SSSR count). The van der Waals surface area contributed by atoms with Gasteiger partial charge in [0.15, 0.2) is 0 Å². The number of carbonyl (C=O) groups is 2. The highest BCUT2D eigenvalue weighted by atomic mass is 19.1. The van der Waals surface area contributed by atoms with Crippen molar-refractivity contribution in [2.75, 3.05) is 19.6 Å². The van der Waals surface area contributed by atoms with E-state index in [4.69, 9.17) is 0 Å². The molecule has 30 heavy (non-hydrogen) atoms. The first-order chi connectivity index (χ1) is 14.6. The molecule has 5 heteroatoms. The van der Waals surface area contributed by atoms with Gasteiger partial charge in [-0.05, 0) is 48.4 Å². The number of imide groups is 1. The van der Waals surface area contributed by atoms with Gasteiger partial charge < -0.3 is 4.90 Å². The highest BCUT2D eigenvalue weighted by Crippen LogP contribution is 2.34. The van der Waals surface area contributed by atoms with Crippen molar-refractivity contribution in [3.63, 3.8) is 0 Å². The van der Waals surface area contributed by atoms with Crippen LogP contribution < -0.4 is 0 Å². The zero-order chi connectivity index (χ0) is 21.1. The lowest BCUT2D eigenvalue weighted by molar-refractivity contribution is -0.137. The van der Waals surface area contributed by atoms with Crippen LogP contribution >= 0.6 is 0 Å². The number of piperidine rings is 1. The lowest BCUT2D eigenvalue weighted by Crippen LogP contribution is -2.39. The zero-order valence-electron chi connectivity index (χ0n) is 16.9. The van der Waals surface area contributed by atoms with E-state index in [1.807, 2.05) is 11.0 Å². The standard InChI is InChI=1S/C25H25FN2O2/c1-2-14-28-24(29)22(20-8-10-21(26)11-9-20)23(25(28)30)27-15-12-19(13-16-27)17-18-6-4-3-5-7-18/h2-11,19H,1,12-17H2. The first kappa shape index (κ1) is 20.1. The molecule has 0 saturated carbocycles. The summed E-state index contributed by atoms with van der Waals surface area (Å²) in [6.07, 6.45) is 4.48. The number of rotatable bonds is 6. The molecule has 0 spiro atoms. The molecule has 2 aromatic rings. The van der Waals surface area contributed by atoms with E-state index in [1.54, 1.807) is 18.2 Å². The molecule has 2 aliphatic rings. The van der Waals surface area contributed by atoms with Crippen molar-refractivity contribution in [3.05, 3.63) is 89.9 Å². The van der Waals surface area contributed by atoms with Gasteiger partial charge in [0.1, 0.15) is 11.5 Å². The Hall–Kier alpha value is -3.21. The van der Waals surface area contributed by atoms with Crippen molar-refractivity contribution in [3.8, 4) is 0 Å². The van der Waals surface area contributed by atoms with E-state index in [9.17, 15) is 14.0 Å². The fourth-order valence-corrected chi connectivity index (χ4v) is 4.34. The van der Waals surface area contributed by atoms with E-state index in [2.05, 4.69) is 30.8 Å². The minimum absolute atomic E-state index is 0.163. The fourth-order valence-electron chi connectivity index (χ4n) is 4.34. The predicted octanol–water partition coefficient (Wildman–Crippen LogP) is 4.05. The third-order valence-electron chi connectivity index (χ3n) is 5.89. The number of likely N-dealkylation sites (tertiary alicyclic amines) is 1. The summed E-state index contributed by atoms with van der Waals surface area (Å²) in [4.78, 5) is 29.4. The summed E-state index contributed by atoms with van der Waals surface area (Å²) in [5, 5.41) is 0. The van der Waals surface area contributed by atoms with Crippen LogP contribution in [0.1, 0.15) is 24.0 Å². The average molecular weight is 404 g/mol. The van der Waals surface area contributed by atoms with Crippen molar-refractivity contribution < 1.29 is 14.0 Å². The van der Waals surface area contributed by atoms with Crippen molar-refractivity contribution in [1.29, 1.82) is 0 Å². The number of hydrogen-bond acceptors (Lipinski definition) is 3. The first-order valence-corrected chi connectivity index (χ1v) is 10.3. The van der Waals surface area contributed by atoms with Gasteiger partial charge in [-0.25, -0.2) is 4.39 Å². The molecule has 0 radical (unpaired) electrons. The molecule has 0 aromatic heterocycles. The van der Waals surface area contributed by atoms with E-state index in [1.165, 1.54) is 22.6 Å². The third kappa shape index (κ3) is 3.92. The Morgan fingerprint density at radius 1 is 0.967 bits per heavy atom. The fraction of sp³-hybridized carbons (Fsp3) is 0.280. The number of halogens is 1. The molecule has 0 atom stereocenters. The Bertz CT molecular complexity index is 974. The predicted molar refractivity (Wildman–Crippen MR) is 115 cm³/mol. The van der Waals surface area contributed by atoms with Gasteiger partial charge >= 0.3 is 0 Å². The molecular weight excluding hydrogens is 379 g/mol. The lowest BCUT2D eigenvalue weighted by Gasteiger charge is -2.34. The number of benzene rings is 2. The van der Waals surface area contributed by atoms with Crippen molar-refractivity contribution in [2.24, 2.45) is 5.92 Å². The molecule has 1 saturated heterocycles. The molecule has 0 N–H and O–H groups in total. The Labute approximate surface area is 176 Å². The molecule has 2 amide bonds. The molecule has 2 heterocycles. The summed E-state index contributed by atoms with van der Waals surface area (Å²) < 4.78 is 13.4. The van der Waals surface area contributed by atoms with Crippen LogP contribution in [0, 0.1) is 11.7 Å². The van der Waals surface area contributed by atoms with Crippen molar-refractivity contribution in [1.82, 2.24) is 9.80 Å². The highest BCUT2D eigenvalue weighted by molar-refractivity contribution is 6.35. The quantitative estimate of drug-likeness (QED) is 0.539. The summed E-state index contributed by atoms with van der Waals surface area (Å²) in [6.45, 7) is 5.27. The monoisotopic (exact) mass is 404 g/mol. The minimum Gasteiger partial charge on any atom is -0.366 e. The summed E-state index contributed by atoms with van der Waals surface area (Å²) in [5.41, 5.74) is 2.70. The smallest absolute Gasteiger partial charge is 0.278 e. The van der Waals surface area contributed by atoms with Crippen molar-refractivity contribution >= 4 is 17.4 Å². The van der Waals surface area contributed by atoms with Gasteiger partial charge in [-0.2, -0.15) is 0 Å². The molecule has 0 aliphatic carbocycles. The second kappa shape index (κ2) is 8.66. The van der Waals surface area contributed by atoms with Crippen LogP contribution in [0.3, 0.4) is 0 Å². The maximum atomic E-state index is 13.4. The molecule has 154 valence electrons. The topological polar surface area (TPSA) is 40.6 Å². The Morgan fingerprint density at radius 2 is 1.63 bits per heavy atom. The van der Waals surface area contributed by atoms with E-state index < -0.39 is 0 Å². The van der Waals surface area contributed by atoms with Crippen LogP contribution in [0.25, 0.3) is 5.57 Å². The molecule has 0 unspecified atom stereocenters. The van der Waals surface area contributed by atoms with Gasteiger partial charge in [-0.3, -0.25) is 14.5 Å². The second-order valence-electron chi connectivity index (χ2n) is 7.86. The Morgan fingerprint density at radius 3 is 2.27 bits per heavy atom. The number of hydrogen-bond donors (Lipinski definition) is 0. The molecule has 0 bridgehead atoms. The largest absolute Gasteiger partial charge is 0.366 e. The van der Waals surface area contributed by atoms with E-state index in [-0.39, 0.29) is 24.2 Å². The van der Waals surface area contributed by atoms with Gasteiger partial charge in [-0.1, -0.05) is 48.5 Å². The highest BCUT2D eigenvalue weighted by Gasteiger charge is 2.41. The summed E-state index contributed by atoms with van der Waals surface area (Å²) in [7, 11) is 0. The van der Waals surface area contributed by atoms with E-state index in [0.29, 0.717) is 22.8 Å². The van der Waals surface area contributed by atoms with E-state index in [0.717, 1.165) is 32.4 Å². The minimum atomic E-state index is -0.373. The van der Waals surface area contributed by atoms with Gasteiger partial charge in [0.25, 0.3) is 11.8 Å². The molecule has 2 aromatic carbocycles. The molecule has 1 fully saturated rings. The lowest BCUT2D eigenvalue weighted by atomic mass is 9.89. The Kier molecular flexibility index (Phi) is 5.79. The maximum Gasteiger partial charge on any atom is 0.278 e. The van der Waals surface area contributed by atoms with Gasteiger partial charge in [-0.15, -0.1) is 6.58 Å². The molecule has 2 aliphatic heterocycles. The van der Waals surface area contributed by atoms with Crippen LogP contribution in [0.4, 0.5) is 4.39 Å². The number of carbonyl (C=O) groups excluding carboxylic acids is 2. The van der Waals surface area contributed by atoms with E-state index >= 15 is 0 Å². The second-order valence-corrected chi connectivity index (χ2v) is 7.86. The van der Waals surface area contributed by atoms with Crippen LogP contribution in [0.5, 0.6) is 0 Å². The third-order valence-corrected chi connectivity index (χ3v) is 5.89. The van der Waals surface area contributed by atoms with Crippen LogP contribution in [0.15, 0.2) is 72.9 Å². The van der Waals surface area contributed by atoms with Crippen LogP contribution in [0.2, 0.25) is 0 Å². The molecule has 4 nitrogen and oxygen atoms in total. The molecular formula is C25H25FN2O2. The van der Waals surface area contributed by atoms with Gasteiger partial charge in [0, 0.05) is 19.6 Å². The first-order valence-electron chi connectivity index (χ1n) is 10.3. The number of amides is 2. The Balaban J connectivity index is 1.57. The zero-order valence-corrected chi connectivity index (χ0v) is 16.9. The van der Waals surface area contributed by atoms with Crippen molar-refractivity contribution in [2.45, 2.75) is 19.3 Å². The summed E-state index contributed by atoms with van der Waals surface area (Å²) in [6, 6.07) is 16.2. The number of nitrogens with zero attached hydrogens (tertiary/aromatic N) is 2. The maximum absolute atomic E-state index is 13.4. The van der Waals surface area contributed by atoms with Gasteiger partial charge in [0.2, 0.25) is 0 Å². The van der Waals surface area contributed by atoms with Gasteiger partial charge in [0.05, 0.1) is 5.57 Å². The average Bonchev–Trinajstić information content (AvgIpc) is 3.01. The van der Waals surface area contributed by atoms with Crippen LogP contribution in [-0.2, 0) is 16.0 Å². The normalized spacial score (nSPS) is 17.8. The summed E-state index contributed by atoms with van der Waals surface area (Å²) in [5.74, 6) is -0.453.